The molecular weight excluding hydrogens is 415 g/mol. The number of pyridine rings is 2. The maximum absolute atomic E-state index is 12.8. The first-order valence-corrected chi connectivity index (χ1v) is 9.59. The van der Waals surface area contributed by atoms with Crippen LogP contribution >= 0.6 is 11.6 Å². The van der Waals surface area contributed by atoms with Crippen LogP contribution in [0.5, 0.6) is 5.75 Å². The maximum atomic E-state index is 12.8. The van der Waals surface area contributed by atoms with Crippen molar-refractivity contribution in [3.05, 3.63) is 64.9 Å². The molecule has 0 bridgehead atoms. The SMILES string of the molecule is CC(C)(C)NCc1cc(-c2ccc(Cl)cc2)nc(-c2ccc(C(F)(F)F)nc2)c1O. The second-order valence-corrected chi connectivity index (χ2v) is 8.34. The summed E-state index contributed by atoms with van der Waals surface area (Å²) in [6.45, 7) is 6.32. The number of aromatic nitrogens is 2. The van der Waals surface area contributed by atoms with E-state index >= 15 is 0 Å². The van der Waals surface area contributed by atoms with Gasteiger partial charge in [0.15, 0.2) is 0 Å². The van der Waals surface area contributed by atoms with Gasteiger partial charge in [-0.15, -0.1) is 0 Å². The predicted octanol–water partition coefficient (Wildman–Crippen LogP) is 6.08. The molecule has 2 N–H and O–H groups in total. The molecule has 0 radical (unpaired) electrons. The lowest BCUT2D eigenvalue weighted by Crippen LogP contribution is -2.35. The lowest BCUT2D eigenvalue weighted by atomic mass is 10.0. The second-order valence-electron chi connectivity index (χ2n) is 7.90. The molecule has 3 aromatic rings. The fourth-order valence-electron chi connectivity index (χ4n) is 2.76. The van der Waals surface area contributed by atoms with Crippen LogP contribution in [0.3, 0.4) is 0 Å². The molecule has 0 atom stereocenters. The zero-order valence-corrected chi connectivity index (χ0v) is 17.4. The van der Waals surface area contributed by atoms with Gasteiger partial charge in [-0.2, -0.15) is 13.2 Å². The number of benzene rings is 1. The quantitative estimate of drug-likeness (QED) is 0.521. The summed E-state index contributed by atoms with van der Waals surface area (Å²) in [4.78, 5) is 7.98. The third kappa shape index (κ3) is 5.29. The minimum absolute atomic E-state index is 0.106. The van der Waals surface area contributed by atoms with Crippen LogP contribution in [-0.4, -0.2) is 20.6 Å². The van der Waals surface area contributed by atoms with Crippen molar-refractivity contribution in [3.8, 4) is 28.3 Å². The highest BCUT2D eigenvalue weighted by molar-refractivity contribution is 6.30. The van der Waals surface area contributed by atoms with Crippen LogP contribution in [0, 0.1) is 0 Å². The van der Waals surface area contributed by atoms with E-state index in [1.807, 2.05) is 20.8 Å². The van der Waals surface area contributed by atoms with Gasteiger partial charge < -0.3 is 10.4 Å². The van der Waals surface area contributed by atoms with Gasteiger partial charge in [0, 0.05) is 40.0 Å². The highest BCUT2D eigenvalue weighted by Crippen LogP contribution is 2.35. The molecular formula is C22H21ClF3N3O. The molecule has 0 saturated heterocycles. The van der Waals surface area contributed by atoms with Crippen molar-refractivity contribution >= 4 is 11.6 Å². The fraction of sp³-hybridized carbons (Fsp3) is 0.273. The normalized spacial score (nSPS) is 12.2. The Labute approximate surface area is 177 Å². The van der Waals surface area contributed by atoms with Crippen molar-refractivity contribution in [2.75, 3.05) is 0 Å². The Balaban J connectivity index is 2.10. The van der Waals surface area contributed by atoms with E-state index in [2.05, 4.69) is 15.3 Å². The van der Waals surface area contributed by atoms with Crippen LogP contribution in [0.25, 0.3) is 22.5 Å². The largest absolute Gasteiger partial charge is 0.505 e. The Hall–Kier alpha value is -2.64. The summed E-state index contributed by atoms with van der Waals surface area (Å²) in [7, 11) is 0. The molecule has 0 fully saturated rings. The van der Waals surface area contributed by atoms with Crippen molar-refractivity contribution in [2.45, 2.75) is 39.0 Å². The van der Waals surface area contributed by atoms with Crippen LogP contribution in [0.4, 0.5) is 13.2 Å². The van der Waals surface area contributed by atoms with E-state index in [4.69, 9.17) is 11.6 Å². The Morgan fingerprint density at radius 2 is 1.63 bits per heavy atom. The Morgan fingerprint density at radius 1 is 1.00 bits per heavy atom. The number of alkyl halides is 3. The maximum Gasteiger partial charge on any atom is 0.433 e. The van der Waals surface area contributed by atoms with Crippen molar-refractivity contribution in [3.63, 3.8) is 0 Å². The van der Waals surface area contributed by atoms with Crippen LogP contribution in [-0.2, 0) is 12.7 Å². The summed E-state index contributed by atoms with van der Waals surface area (Å²) >= 11 is 5.96. The Morgan fingerprint density at radius 3 is 2.17 bits per heavy atom. The molecule has 0 aliphatic rings. The number of hydrogen-bond acceptors (Lipinski definition) is 4. The Bertz CT molecular complexity index is 1030. The molecule has 2 aromatic heterocycles. The predicted molar refractivity (Wildman–Crippen MR) is 111 cm³/mol. The number of nitrogens with one attached hydrogen (secondary N) is 1. The summed E-state index contributed by atoms with van der Waals surface area (Å²) in [5, 5.41) is 14.7. The van der Waals surface area contributed by atoms with Crippen molar-refractivity contribution < 1.29 is 18.3 Å². The second kappa shape index (κ2) is 8.24. The van der Waals surface area contributed by atoms with Gasteiger partial charge in [0.2, 0.25) is 0 Å². The van der Waals surface area contributed by atoms with E-state index in [1.54, 1.807) is 30.3 Å². The van der Waals surface area contributed by atoms with Gasteiger partial charge in [0.05, 0.1) is 5.69 Å². The summed E-state index contributed by atoms with van der Waals surface area (Å²) < 4.78 is 38.5. The molecule has 0 amide bonds. The molecule has 0 saturated carbocycles. The zero-order valence-electron chi connectivity index (χ0n) is 16.7. The third-order valence-electron chi connectivity index (χ3n) is 4.35. The van der Waals surface area contributed by atoms with Gasteiger partial charge in [-0.25, -0.2) is 4.98 Å². The summed E-state index contributed by atoms with van der Waals surface area (Å²) in [6, 6.07) is 10.9. The van der Waals surface area contributed by atoms with Gasteiger partial charge >= 0.3 is 6.18 Å². The Kier molecular flexibility index (Phi) is 6.06. The zero-order chi connectivity index (χ0) is 22.1. The van der Waals surface area contributed by atoms with E-state index in [9.17, 15) is 18.3 Å². The summed E-state index contributed by atoms with van der Waals surface area (Å²) in [5.74, 6) is -0.106. The van der Waals surface area contributed by atoms with E-state index in [1.165, 1.54) is 6.07 Å². The van der Waals surface area contributed by atoms with Crippen LogP contribution in [0.2, 0.25) is 5.02 Å². The van der Waals surface area contributed by atoms with E-state index < -0.39 is 11.9 Å². The minimum atomic E-state index is -4.54. The highest BCUT2D eigenvalue weighted by atomic mass is 35.5. The first-order valence-electron chi connectivity index (χ1n) is 9.21. The standard InChI is InChI=1S/C22H21ClF3N3O/c1-21(2,3)28-12-15-10-17(13-4-7-16(23)8-5-13)29-19(20(15)30)14-6-9-18(27-11-14)22(24,25)26/h4-11,28,30H,12H2,1-3H3. The average Bonchev–Trinajstić information content (AvgIpc) is 2.67. The van der Waals surface area contributed by atoms with Crippen molar-refractivity contribution in [2.24, 2.45) is 0 Å². The number of rotatable bonds is 4. The van der Waals surface area contributed by atoms with Crippen LogP contribution < -0.4 is 5.32 Å². The van der Waals surface area contributed by atoms with E-state index in [-0.39, 0.29) is 22.5 Å². The molecule has 2 heterocycles. The third-order valence-corrected chi connectivity index (χ3v) is 4.60. The molecule has 3 rings (SSSR count). The summed E-state index contributed by atoms with van der Waals surface area (Å²) in [5.41, 5.74) is 1.13. The van der Waals surface area contributed by atoms with Crippen molar-refractivity contribution in [1.82, 2.24) is 15.3 Å². The topological polar surface area (TPSA) is 58.0 Å². The molecule has 0 unspecified atom stereocenters. The molecule has 0 aliphatic carbocycles. The number of hydrogen-bond donors (Lipinski definition) is 2. The highest BCUT2D eigenvalue weighted by Gasteiger charge is 2.32. The van der Waals surface area contributed by atoms with Gasteiger partial charge in [-0.05, 0) is 51.1 Å². The number of nitrogens with zero attached hydrogens (tertiary/aromatic N) is 2. The smallest absolute Gasteiger partial charge is 0.433 e. The molecule has 4 nitrogen and oxygen atoms in total. The molecule has 1 aromatic carbocycles. The number of aromatic hydroxyl groups is 1. The molecule has 0 aliphatic heterocycles. The van der Waals surface area contributed by atoms with Gasteiger partial charge in [0.25, 0.3) is 0 Å². The fourth-order valence-corrected chi connectivity index (χ4v) is 2.88. The minimum Gasteiger partial charge on any atom is -0.505 e. The monoisotopic (exact) mass is 435 g/mol. The van der Waals surface area contributed by atoms with E-state index in [0.717, 1.165) is 17.8 Å². The lowest BCUT2D eigenvalue weighted by Gasteiger charge is -2.22. The van der Waals surface area contributed by atoms with Gasteiger partial charge in [0.1, 0.15) is 17.1 Å². The molecule has 0 spiro atoms. The van der Waals surface area contributed by atoms with Crippen molar-refractivity contribution in [1.29, 1.82) is 0 Å². The average molecular weight is 436 g/mol. The first kappa shape index (κ1) is 22.1. The summed E-state index contributed by atoms with van der Waals surface area (Å²) in [6.07, 6.45) is -3.47. The molecule has 158 valence electrons. The molecule has 8 heteroatoms. The lowest BCUT2D eigenvalue weighted by molar-refractivity contribution is -0.141. The van der Waals surface area contributed by atoms with Gasteiger partial charge in [-0.3, -0.25) is 4.98 Å². The first-order chi connectivity index (χ1) is 13.9. The molecule has 30 heavy (non-hydrogen) atoms. The number of halogens is 4. The van der Waals surface area contributed by atoms with Crippen LogP contribution in [0.1, 0.15) is 32.0 Å². The van der Waals surface area contributed by atoms with E-state index in [0.29, 0.717) is 22.8 Å². The van der Waals surface area contributed by atoms with Gasteiger partial charge in [-0.1, -0.05) is 23.7 Å². The van der Waals surface area contributed by atoms with Crippen LogP contribution in [0.15, 0.2) is 48.7 Å².